The monoisotopic (exact) mass is 265 g/mol. The highest BCUT2D eigenvalue weighted by Crippen LogP contribution is 2.01. The molecule has 0 saturated carbocycles. The van der Waals surface area contributed by atoms with E-state index in [1.807, 2.05) is 0 Å². The van der Waals surface area contributed by atoms with E-state index in [-0.39, 0.29) is 0 Å². The van der Waals surface area contributed by atoms with E-state index in [2.05, 4.69) is 19.6 Å². The zero-order chi connectivity index (χ0) is 13.0. The molecule has 17 heavy (non-hydrogen) atoms. The zero-order valence-electron chi connectivity index (χ0n) is 11.4. The Morgan fingerprint density at radius 3 is 1.53 bits per heavy atom. The Kier molecular flexibility index (Phi) is 11.1. The van der Waals surface area contributed by atoms with E-state index in [9.17, 15) is 0 Å². The van der Waals surface area contributed by atoms with Crippen molar-refractivity contribution >= 4 is 8.32 Å². The highest BCUT2D eigenvalue weighted by Gasteiger charge is 2.12. The minimum atomic E-state index is -1.39. The summed E-state index contributed by atoms with van der Waals surface area (Å²) in [6.07, 6.45) is 0. The van der Waals surface area contributed by atoms with Gasteiger partial charge < -0.3 is 24.4 Å². The first-order valence-corrected chi connectivity index (χ1v) is 9.54. The van der Waals surface area contributed by atoms with Crippen LogP contribution < -0.4 is 5.73 Å². The van der Waals surface area contributed by atoms with Gasteiger partial charge in [0.2, 0.25) is 0 Å². The van der Waals surface area contributed by atoms with Gasteiger partial charge >= 0.3 is 0 Å². The minimum absolute atomic E-state index is 0.556. The van der Waals surface area contributed by atoms with E-state index >= 15 is 0 Å². The van der Waals surface area contributed by atoms with Crippen LogP contribution in [0, 0.1) is 0 Å². The first kappa shape index (κ1) is 17.0. The molecule has 0 aromatic rings. The van der Waals surface area contributed by atoms with Crippen molar-refractivity contribution < 1.29 is 18.6 Å². The molecule has 6 heteroatoms. The van der Waals surface area contributed by atoms with E-state index in [4.69, 9.17) is 24.4 Å². The normalized spacial score (nSPS) is 12.0. The van der Waals surface area contributed by atoms with E-state index in [0.29, 0.717) is 52.8 Å². The lowest BCUT2D eigenvalue weighted by atomic mass is 10.7. The summed E-state index contributed by atoms with van der Waals surface area (Å²) < 4.78 is 21.5. The van der Waals surface area contributed by atoms with Crippen LogP contribution in [0.2, 0.25) is 19.6 Å². The Labute approximate surface area is 106 Å². The number of ether oxygens (including phenoxy) is 3. The van der Waals surface area contributed by atoms with Crippen molar-refractivity contribution in [3.63, 3.8) is 0 Å². The maximum Gasteiger partial charge on any atom is 0.183 e. The highest BCUT2D eigenvalue weighted by molar-refractivity contribution is 6.69. The highest BCUT2D eigenvalue weighted by atomic mass is 28.4. The van der Waals surface area contributed by atoms with Crippen molar-refractivity contribution in [2.45, 2.75) is 19.6 Å². The van der Waals surface area contributed by atoms with Gasteiger partial charge in [-0.1, -0.05) is 0 Å². The van der Waals surface area contributed by atoms with Crippen molar-refractivity contribution in [1.29, 1.82) is 0 Å². The molecular weight excluding hydrogens is 238 g/mol. The number of hydrogen-bond acceptors (Lipinski definition) is 5. The second-order valence-corrected chi connectivity index (χ2v) is 9.10. The van der Waals surface area contributed by atoms with Crippen LogP contribution in [0.4, 0.5) is 0 Å². The standard InChI is InChI=1S/C11H27NO4Si/c1-17(2,3)16-11-10-15-9-8-14-7-6-13-5-4-12/h4-12H2,1-3H3. The molecule has 0 bridgehead atoms. The molecule has 0 spiro atoms. The van der Waals surface area contributed by atoms with Gasteiger partial charge in [-0.2, -0.15) is 0 Å². The molecular formula is C11H27NO4Si. The van der Waals surface area contributed by atoms with Gasteiger partial charge in [-0.05, 0) is 19.6 Å². The summed E-state index contributed by atoms with van der Waals surface area (Å²) in [5.74, 6) is 0. The Morgan fingerprint density at radius 1 is 0.706 bits per heavy atom. The molecule has 2 N–H and O–H groups in total. The molecule has 0 radical (unpaired) electrons. The maximum atomic E-state index is 5.64. The second kappa shape index (κ2) is 11.1. The first-order valence-electron chi connectivity index (χ1n) is 6.13. The van der Waals surface area contributed by atoms with Crippen LogP contribution >= 0.6 is 0 Å². The molecule has 0 unspecified atom stereocenters. The van der Waals surface area contributed by atoms with Crippen LogP contribution in [0.1, 0.15) is 0 Å². The molecule has 0 heterocycles. The van der Waals surface area contributed by atoms with E-state index in [1.54, 1.807) is 0 Å². The van der Waals surface area contributed by atoms with Crippen LogP contribution in [0.3, 0.4) is 0 Å². The van der Waals surface area contributed by atoms with Crippen molar-refractivity contribution in [2.75, 3.05) is 52.8 Å². The molecule has 0 aliphatic carbocycles. The van der Waals surface area contributed by atoms with Gasteiger partial charge in [-0.3, -0.25) is 0 Å². The van der Waals surface area contributed by atoms with Gasteiger partial charge in [0, 0.05) is 6.54 Å². The molecule has 0 aromatic carbocycles. The van der Waals surface area contributed by atoms with Crippen molar-refractivity contribution in [3.8, 4) is 0 Å². The molecule has 0 rings (SSSR count). The van der Waals surface area contributed by atoms with Crippen LogP contribution in [-0.2, 0) is 18.6 Å². The Morgan fingerprint density at radius 2 is 1.12 bits per heavy atom. The summed E-state index contributed by atoms with van der Waals surface area (Å²) in [5, 5.41) is 0. The Bertz CT molecular complexity index is 164. The predicted molar refractivity (Wildman–Crippen MR) is 70.8 cm³/mol. The third-order valence-electron chi connectivity index (χ3n) is 1.77. The van der Waals surface area contributed by atoms with Crippen LogP contribution in [0.5, 0.6) is 0 Å². The fourth-order valence-electron chi connectivity index (χ4n) is 1.03. The second-order valence-electron chi connectivity index (χ2n) is 4.59. The maximum absolute atomic E-state index is 5.64. The molecule has 0 fully saturated rings. The molecule has 0 aromatic heterocycles. The van der Waals surface area contributed by atoms with E-state index < -0.39 is 8.32 Å². The van der Waals surface area contributed by atoms with Gasteiger partial charge in [0.1, 0.15) is 0 Å². The topological polar surface area (TPSA) is 62.9 Å². The zero-order valence-corrected chi connectivity index (χ0v) is 12.4. The Hall–Kier alpha value is 0.0169. The lowest BCUT2D eigenvalue weighted by Crippen LogP contribution is -2.27. The number of nitrogens with two attached hydrogens (primary N) is 1. The van der Waals surface area contributed by atoms with E-state index in [0.717, 1.165) is 0 Å². The summed E-state index contributed by atoms with van der Waals surface area (Å²) in [4.78, 5) is 0. The van der Waals surface area contributed by atoms with Crippen LogP contribution in [-0.4, -0.2) is 61.1 Å². The average Bonchev–Trinajstić information content (AvgIpc) is 2.24. The SMILES string of the molecule is C[Si](C)(C)OCCOCCOCCOCCN. The quantitative estimate of drug-likeness (QED) is 0.418. The van der Waals surface area contributed by atoms with Crippen molar-refractivity contribution in [2.24, 2.45) is 5.73 Å². The first-order chi connectivity index (χ1) is 8.06. The summed E-state index contributed by atoms with van der Waals surface area (Å²) in [6, 6.07) is 0. The van der Waals surface area contributed by atoms with Crippen molar-refractivity contribution in [1.82, 2.24) is 0 Å². The third kappa shape index (κ3) is 16.0. The lowest BCUT2D eigenvalue weighted by Gasteiger charge is -2.16. The fourth-order valence-corrected chi connectivity index (χ4v) is 1.73. The predicted octanol–water partition coefficient (Wildman–Crippen LogP) is 0.846. The number of hydrogen-bond donors (Lipinski definition) is 1. The van der Waals surface area contributed by atoms with Crippen LogP contribution in [0.25, 0.3) is 0 Å². The van der Waals surface area contributed by atoms with Gasteiger partial charge in [0.15, 0.2) is 8.32 Å². The summed E-state index contributed by atoms with van der Waals surface area (Å²) in [6.45, 7) is 11.3. The molecule has 0 atom stereocenters. The lowest BCUT2D eigenvalue weighted by molar-refractivity contribution is 0.0101. The van der Waals surface area contributed by atoms with Gasteiger partial charge in [-0.25, -0.2) is 0 Å². The summed E-state index contributed by atoms with van der Waals surface area (Å²) in [5.41, 5.74) is 5.27. The molecule has 0 aliphatic heterocycles. The number of rotatable bonds is 12. The summed E-state index contributed by atoms with van der Waals surface area (Å²) in [7, 11) is -1.39. The van der Waals surface area contributed by atoms with Crippen molar-refractivity contribution in [3.05, 3.63) is 0 Å². The Balaban J connectivity index is 2.99. The van der Waals surface area contributed by atoms with Gasteiger partial charge in [0.25, 0.3) is 0 Å². The molecule has 5 nitrogen and oxygen atoms in total. The third-order valence-corrected chi connectivity index (χ3v) is 2.84. The minimum Gasteiger partial charge on any atom is -0.415 e. The fraction of sp³-hybridized carbons (Fsp3) is 1.00. The molecule has 0 saturated heterocycles. The summed E-state index contributed by atoms with van der Waals surface area (Å²) >= 11 is 0. The molecule has 0 amide bonds. The van der Waals surface area contributed by atoms with Gasteiger partial charge in [0.05, 0.1) is 46.2 Å². The molecule has 104 valence electrons. The van der Waals surface area contributed by atoms with Crippen LogP contribution in [0.15, 0.2) is 0 Å². The average molecular weight is 265 g/mol. The van der Waals surface area contributed by atoms with Gasteiger partial charge in [-0.15, -0.1) is 0 Å². The molecule has 0 aliphatic rings. The van der Waals surface area contributed by atoms with E-state index in [1.165, 1.54) is 0 Å². The smallest absolute Gasteiger partial charge is 0.183 e. The largest absolute Gasteiger partial charge is 0.415 e.